The average Bonchev–Trinajstić information content (AvgIpc) is 3.39. The molecule has 2 aromatic heterocycles. The quantitative estimate of drug-likeness (QED) is 0.341. The predicted octanol–water partition coefficient (Wildman–Crippen LogP) is 4.72. The van der Waals surface area contributed by atoms with E-state index in [1.54, 1.807) is 12.1 Å². The molecule has 32 heavy (non-hydrogen) atoms. The van der Waals surface area contributed by atoms with Gasteiger partial charge < -0.3 is 23.7 Å². The van der Waals surface area contributed by atoms with E-state index in [0.29, 0.717) is 34.5 Å². The third-order valence-corrected chi connectivity index (χ3v) is 5.32. The zero-order valence-corrected chi connectivity index (χ0v) is 18.6. The van der Waals surface area contributed by atoms with Crippen LogP contribution in [0.5, 0.6) is 5.75 Å². The molecule has 4 rings (SSSR count). The number of aryl methyl sites for hydroxylation is 1. The average molecular weight is 453 g/mol. The molecular formula is C24H23ClN3O4-. The molecule has 0 radical (unpaired) electrons. The Labute approximate surface area is 190 Å². The van der Waals surface area contributed by atoms with Crippen LogP contribution in [0, 0.1) is 0 Å². The van der Waals surface area contributed by atoms with Crippen LogP contribution in [0.25, 0.3) is 33.7 Å². The highest BCUT2D eigenvalue weighted by atomic mass is 35.5. The number of ether oxygens (including phenoxy) is 1. The summed E-state index contributed by atoms with van der Waals surface area (Å²) in [5, 5.41) is 16.2. The van der Waals surface area contributed by atoms with Crippen molar-refractivity contribution in [2.45, 2.75) is 45.8 Å². The van der Waals surface area contributed by atoms with Crippen molar-refractivity contribution >= 4 is 28.5 Å². The lowest BCUT2D eigenvalue weighted by atomic mass is 10.1. The second-order valence-electron chi connectivity index (χ2n) is 7.85. The summed E-state index contributed by atoms with van der Waals surface area (Å²) in [5.74, 6) is 0.471. The highest BCUT2D eigenvalue weighted by molar-refractivity contribution is 6.32. The van der Waals surface area contributed by atoms with Crippen molar-refractivity contribution in [3.8, 4) is 28.6 Å². The summed E-state index contributed by atoms with van der Waals surface area (Å²) in [5.41, 5.74) is 2.63. The molecule has 0 bridgehead atoms. The number of carboxylic acids is 1. The van der Waals surface area contributed by atoms with Crippen LogP contribution in [0.4, 0.5) is 0 Å². The number of fused-ring (bicyclic) bond motifs is 1. The number of nitrogens with zero attached hydrogens (tertiary/aromatic N) is 3. The zero-order chi connectivity index (χ0) is 22.7. The lowest BCUT2D eigenvalue weighted by molar-refractivity contribution is -0.305. The number of hydrogen-bond donors (Lipinski definition) is 0. The Morgan fingerprint density at radius 1 is 1.16 bits per heavy atom. The van der Waals surface area contributed by atoms with Crippen LogP contribution in [0.3, 0.4) is 0 Å². The van der Waals surface area contributed by atoms with Crippen LogP contribution >= 0.6 is 11.6 Å². The first-order valence-corrected chi connectivity index (χ1v) is 10.9. The molecule has 0 N–H and O–H groups in total. The Bertz CT molecular complexity index is 1250. The van der Waals surface area contributed by atoms with Gasteiger partial charge in [-0.15, -0.1) is 0 Å². The number of rotatable bonds is 9. The van der Waals surface area contributed by atoms with Crippen LogP contribution in [0.2, 0.25) is 5.02 Å². The van der Waals surface area contributed by atoms with Crippen LogP contribution in [-0.2, 0) is 11.3 Å². The van der Waals surface area contributed by atoms with E-state index in [9.17, 15) is 9.90 Å². The normalized spacial score (nSPS) is 11.4. The van der Waals surface area contributed by atoms with Crippen molar-refractivity contribution in [1.82, 2.24) is 14.7 Å². The first kappa shape index (κ1) is 21.9. The molecule has 0 aliphatic carbocycles. The molecule has 0 atom stereocenters. The van der Waals surface area contributed by atoms with E-state index in [-0.39, 0.29) is 12.5 Å². The summed E-state index contributed by atoms with van der Waals surface area (Å²) in [4.78, 5) is 15.1. The number of carbonyl (C=O) groups excluding carboxylic acids is 1. The molecule has 8 heteroatoms. The van der Waals surface area contributed by atoms with Crippen LogP contribution in [-0.4, -0.2) is 26.8 Å². The number of benzene rings is 2. The summed E-state index contributed by atoms with van der Waals surface area (Å²) in [7, 11) is 0. The molecule has 2 aromatic carbocycles. The topological polar surface area (TPSA) is 93.2 Å². The van der Waals surface area contributed by atoms with Crippen molar-refractivity contribution in [1.29, 1.82) is 0 Å². The number of aromatic nitrogens is 3. The second-order valence-corrected chi connectivity index (χ2v) is 8.25. The van der Waals surface area contributed by atoms with E-state index in [1.165, 1.54) is 0 Å². The maximum atomic E-state index is 10.6. The van der Waals surface area contributed by atoms with Crippen LogP contribution < -0.4 is 9.84 Å². The number of aliphatic carboxylic acids is 1. The molecule has 7 nitrogen and oxygen atoms in total. The fourth-order valence-electron chi connectivity index (χ4n) is 3.53. The molecule has 0 unspecified atom stereocenters. The fourth-order valence-corrected chi connectivity index (χ4v) is 3.75. The van der Waals surface area contributed by atoms with Crippen molar-refractivity contribution in [2.24, 2.45) is 0 Å². The molecule has 0 amide bonds. The van der Waals surface area contributed by atoms with Gasteiger partial charge in [0.25, 0.3) is 5.89 Å². The van der Waals surface area contributed by atoms with Crippen molar-refractivity contribution in [3.05, 3.63) is 53.7 Å². The zero-order valence-electron chi connectivity index (χ0n) is 17.9. The summed E-state index contributed by atoms with van der Waals surface area (Å²) < 4.78 is 13.2. The maximum absolute atomic E-state index is 10.6. The largest absolute Gasteiger partial charge is 0.550 e. The summed E-state index contributed by atoms with van der Waals surface area (Å²) in [6.07, 6.45) is 3.48. The Hall–Kier alpha value is -3.32. The summed E-state index contributed by atoms with van der Waals surface area (Å²) >= 11 is 6.33. The molecule has 2 heterocycles. The van der Waals surface area contributed by atoms with E-state index in [1.807, 2.05) is 50.4 Å². The van der Waals surface area contributed by atoms with Crippen molar-refractivity contribution in [3.63, 3.8) is 0 Å². The van der Waals surface area contributed by atoms with Crippen LogP contribution in [0.1, 0.15) is 33.1 Å². The van der Waals surface area contributed by atoms with E-state index < -0.39 is 5.97 Å². The van der Waals surface area contributed by atoms with Crippen LogP contribution in [0.15, 0.2) is 53.2 Å². The van der Waals surface area contributed by atoms with E-state index in [4.69, 9.17) is 20.9 Å². The van der Waals surface area contributed by atoms with Gasteiger partial charge in [0.2, 0.25) is 5.82 Å². The molecule has 0 saturated carbocycles. The number of carbonyl (C=O) groups is 1. The third-order valence-electron chi connectivity index (χ3n) is 5.03. The minimum atomic E-state index is -1.01. The first-order valence-electron chi connectivity index (χ1n) is 10.5. The maximum Gasteiger partial charge on any atom is 0.258 e. The minimum Gasteiger partial charge on any atom is -0.550 e. The highest BCUT2D eigenvalue weighted by Gasteiger charge is 2.14. The van der Waals surface area contributed by atoms with Gasteiger partial charge in [-0.2, -0.15) is 4.98 Å². The Balaban J connectivity index is 1.51. The van der Waals surface area contributed by atoms with E-state index in [0.717, 1.165) is 29.4 Å². The monoisotopic (exact) mass is 452 g/mol. The van der Waals surface area contributed by atoms with Gasteiger partial charge >= 0.3 is 0 Å². The molecular weight excluding hydrogens is 430 g/mol. The van der Waals surface area contributed by atoms with Gasteiger partial charge in [0, 0.05) is 40.7 Å². The lowest BCUT2D eigenvalue weighted by Crippen LogP contribution is -2.21. The lowest BCUT2D eigenvalue weighted by Gasteiger charge is -2.11. The molecule has 0 fully saturated rings. The van der Waals surface area contributed by atoms with Gasteiger partial charge in [-0.1, -0.05) is 16.8 Å². The van der Waals surface area contributed by atoms with Gasteiger partial charge in [-0.3, -0.25) is 0 Å². The predicted molar refractivity (Wildman–Crippen MR) is 120 cm³/mol. The number of carboxylic acid groups (broad SMARTS) is 1. The smallest absolute Gasteiger partial charge is 0.258 e. The van der Waals surface area contributed by atoms with Crippen molar-refractivity contribution < 1.29 is 19.2 Å². The third kappa shape index (κ3) is 4.94. The Kier molecular flexibility index (Phi) is 6.46. The molecule has 0 aliphatic rings. The summed E-state index contributed by atoms with van der Waals surface area (Å²) in [6, 6.07) is 13.4. The second kappa shape index (κ2) is 9.44. The molecule has 0 spiro atoms. The Morgan fingerprint density at radius 3 is 2.72 bits per heavy atom. The minimum absolute atomic E-state index is 0.0279. The highest BCUT2D eigenvalue weighted by Crippen LogP contribution is 2.32. The number of hydrogen-bond acceptors (Lipinski definition) is 6. The SMILES string of the molecule is CC(C)Oc1ccc(-c2nc(-c3ccc4c(ccn4CCCCC(=O)[O-])c3)no2)cc1Cl. The summed E-state index contributed by atoms with van der Waals surface area (Å²) in [6.45, 7) is 4.63. The number of halogens is 1. The standard InChI is InChI=1S/C24H24ClN3O4/c1-15(2)31-21-9-7-18(14-19(21)25)24-26-23(27-32-24)17-6-8-20-16(13-17)10-12-28(20)11-4-3-5-22(29)30/h6-10,12-15H,3-5,11H2,1-2H3,(H,29,30)/p-1. The van der Waals surface area contributed by atoms with Gasteiger partial charge in [0.15, 0.2) is 0 Å². The van der Waals surface area contributed by atoms with Gasteiger partial charge in [0.05, 0.1) is 11.1 Å². The van der Waals surface area contributed by atoms with Gasteiger partial charge in [-0.05, 0) is 75.6 Å². The molecule has 0 saturated heterocycles. The molecule has 166 valence electrons. The van der Waals surface area contributed by atoms with Gasteiger partial charge in [-0.25, -0.2) is 0 Å². The van der Waals surface area contributed by atoms with E-state index in [2.05, 4.69) is 14.7 Å². The van der Waals surface area contributed by atoms with Gasteiger partial charge in [0.1, 0.15) is 5.75 Å². The molecule has 4 aromatic rings. The number of unbranched alkanes of at least 4 members (excludes halogenated alkanes) is 1. The fraction of sp³-hybridized carbons (Fsp3) is 0.292. The van der Waals surface area contributed by atoms with E-state index >= 15 is 0 Å². The Morgan fingerprint density at radius 2 is 1.97 bits per heavy atom. The molecule has 0 aliphatic heterocycles. The van der Waals surface area contributed by atoms with Crippen molar-refractivity contribution in [2.75, 3.05) is 0 Å². The first-order chi connectivity index (χ1) is 15.4.